The second-order valence-electron chi connectivity index (χ2n) is 6.86. The van der Waals surface area contributed by atoms with E-state index in [2.05, 4.69) is 19.7 Å². The first kappa shape index (κ1) is 20.8. The maximum absolute atomic E-state index is 15.0. The monoisotopic (exact) mass is 439 g/mol. The number of fused-ring (bicyclic) bond motifs is 1. The Bertz CT molecular complexity index is 1260. The van der Waals surface area contributed by atoms with E-state index >= 15 is 4.39 Å². The highest BCUT2D eigenvalue weighted by Gasteiger charge is 2.24. The van der Waals surface area contributed by atoms with Crippen molar-refractivity contribution in [3.8, 4) is 11.1 Å². The summed E-state index contributed by atoms with van der Waals surface area (Å²) < 4.78 is 32.3. The van der Waals surface area contributed by atoms with Gasteiger partial charge in [0.2, 0.25) is 5.78 Å². The van der Waals surface area contributed by atoms with Crippen molar-refractivity contribution in [3.63, 3.8) is 0 Å². The SMILES string of the molecule is CCCSNc1ccc(F)c(C(=O)c2c[nH]c3ncc(-c4ccc(N)nc4)cc23)c1F. The summed E-state index contributed by atoms with van der Waals surface area (Å²) in [5.41, 5.74) is 7.10. The van der Waals surface area contributed by atoms with Gasteiger partial charge in [-0.2, -0.15) is 0 Å². The minimum atomic E-state index is -0.922. The predicted molar refractivity (Wildman–Crippen MR) is 120 cm³/mol. The molecule has 3 aromatic heterocycles. The van der Waals surface area contributed by atoms with Gasteiger partial charge in [0, 0.05) is 46.4 Å². The molecule has 4 N–H and O–H groups in total. The van der Waals surface area contributed by atoms with Crippen molar-refractivity contribution < 1.29 is 13.6 Å². The van der Waals surface area contributed by atoms with Crippen molar-refractivity contribution in [2.24, 2.45) is 0 Å². The third-order valence-electron chi connectivity index (χ3n) is 4.70. The van der Waals surface area contributed by atoms with Crippen LogP contribution < -0.4 is 10.5 Å². The Hall–Kier alpha value is -3.46. The molecule has 31 heavy (non-hydrogen) atoms. The number of anilines is 2. The highest BCUT2D eigenvalue weighted by atomic mass is 32.2. The van der Waals surface area contributed by atoms with Crippen LogP contribution in [0, 0.1) is 11.6 Å². The van der Waals surface area contributed by atoms with E-state index in [9.17, 15) is 9.18 Å². The number of nitrogens with zero attached hydrogens (tertiary/aromatic N) is 2. The number of benzene rings is 1. The van der Waals surface area contributed by atoms with E-state index in [4.69, 9.17) is 5.73 Å². The highest BCUT2D eigenvalue weighted by molar-refractivity contribution is 8.00. The highest BCUT2D eigenvalue weighted by Crippen LogP contribution is 2.30. The molecular weight excluding hydrogens is 420 g/mol. The van der Waals surface area contributed by atoms with Crippen LogP contribution in [-0.4, -0.2) is 26.5 Å². The second kappa shape index (κ2) is 8.73. The van der Waals surface area contributed by atoms with Gasteiger partial charge in [-0.1, -0.05) is 18.9 Å². The molecule has 9 heteroatoms. The van der Waals surface area contributed by atoms with Crippen LogP contribution in [0.2, 0.25) is 0 Å². The molecule has 0 radical (unpaired) electrons. The van der Waals surface area contributed by atoms with Gasteiger partial charge in [-0.05, 0) is 36.8 Å². The molecular formula is C22H19F2N5OS. The molecule has 0 aliphatic heterocycles. The van der Waals surface area contributed by atoms with Gasteiger partial charge in [-0.3, -0.25) is 4.79 Å². The molecule has 0 saturated carbocycles. The van der Waals surface area contributed by atoms with Crippen LogP contribution in [0.15, 0.2) is 48.9 Å². The standard InChI is InChI=1S/C22H19F2N5OS/c1-2-7-31-29-17-5-4-16(23)19(20(17)24)21(30)15-11-28-22-14(15)8-13(10-27-22)12-3-6-18(25)26-9-12/h3-6,8-11,29H,2,7H2,1H3,(H2,25,26)(H,27,28). The summed E-state index contributed by atoms with van der Waals surface area (Å²) in [5.74, 6) is -1.48. The first-order chi connectivity index (χ1) is 15.0. The lowest BCUT2D eigenvalue weighted by Gasteiger charge is -2.10. The molecule has 3 heterocycles. The fraction of sp³-hybridized carbons (Fsp3) is 0.136. The van der Waals surface area contributed by atoms with Crippen molar-refractivity contribution in [1.82, 2.24) is 15.0 Å². The molecule has 1 aromatic carbocycles. The number of carbonyl (C=O) groups excluding carboxylic acids is 1. The molecule has 0 atom stereocenters. The molecule has 0 aliphatic carbocycles. The topological polar surface area (TPSA) is 96.7 Å². The van der Waals surface area contributed by atoms with Gasteiger partial charge in [0.25, 0.3) is 0 Å². The summed E-state index contributed by atoms with van der Waals surface area (Å²) >= 11 is 1.29. The van der Waals surface area contributed by atoms with Gasteiger partial charge >= 0.3 is 0 Å². The Kier molecular flexibility index (Phi) is 5.85. The summed E-state index contributed by atoms with van der Waals surface area (Å²) in [6.07, 6.45) is 5.52. The molecule has 4 rings (SSSR count). The summed E-state index contributed by atoms with van der Waals surface area (Å²) in [6, 6.07) is 7.54. The van der Waals surface area contributed by atoms with Crippen LogP contribution >= 0.6 is 11.9 Å². The third kappa shape index (κ3) is 4.09. The summed E-state index contributed by atoms with van der Waals surface area (Å²) in [4.78, 5) is 24.4. The number of pyridine rings is 2. The average Bonchev–Trinajstić information content (AvgIpc) is 3.19. The number of hydrogen-bond acceptors (Lipinski definition) is 6. The van der Waals surface area contributed by atoms with Crippen molar-refractivity contribution in [3.05, 3.63) is 71.7 Å². The number of aromatic nitrogens is 3. The lowest BCUT2D eigenvalue weighted by Crippen LogP contribution is -2.09. The van der Waals surface area contributed by atoms with Crippen molar-refractivity contribution in [1.29, 1.82) is 0 Å². The van der Waals surface area contributed by atoms with Crippen LogP contribution in [0.25, 0.3) is 22.2 Å². The van der Waals surface area contributed by atoms with Gasteiger partial charge in [0.1, 0.15) is 17.3 Å². The van der Waals surface area contributed by atoms with E-state index in [1.165, 1.54) is 24.2 Å². The Morgan fingerprint density at radius 3 is 2.71 bits per heavy atom. The zero-order chi connectivity index (χ0) is 22.0. The Morgan fingerprint density at radius 2 is 1.97 bits per heavy atom. The van der Waals surface area contributed by atoms with Crippen molar-refractivity contribution in [2.45, 2.75) is 13.3 Å². The number of rotatable bonds is 7. The lowest BCUT2D eigenvalue weighted by molar-refractivity contribution is 0.103. The minimum Gasteiger partial charge on any atom is -0.384 e. The van der Waals surface area contributed by atoms with Gasteiger partial charge in [-0.15, -0.1) is 0 Å². The maximum Gasteiger partial charge on any atom is 0.201 e. The number of H-pyrrole nitrogens is 1. The summed E-state index contributed by atoms with van der Waals surface area (Å²) in [7, 11) is 0. The molecule has 4 aromatic rings. The van der Waals surface area contributed by atoms with E-state index in [0.717, 1.165) is 23.8 Å². The number of ketones is 1. The van der Waals surface area contributed by atoms with Crippen molar-refractivity contribution >= 4 is 40.3 Å². The number of nitrogens with one attached hydrogen (secondary N) is 2. The lowest BCUT2D eigenvalue weighted by atomic mass is 10.00. The molecule has 0 fully saturated rings. The first-order valence-electron chi connectivity index (χ1n) is 9.59. The Labute approximate surface area is 181 Å². The molecule has 158 valence electrons. The minimum absolute atomic E-state index is 0.0646. The van der Waals surface area contributed by atoms with Crippen LogP contribution in [-0.2, 0) is 0 Å². The van der Waals surface area contributed by atoms with Gasteiger partial charge in [0.15, 0.2) is 5.82 Å². The number of hydrogen-bond donors (Lipinski definition) is 3. The molecule has 0 spiro atoms. The first-order valence-corrected chi connectivity index (χ1v) is 10.6. The number of nitrogens with two attached hydrogens (primary N) is 1. The van der Waals surface area contributed by atoms with Crippen LogP contribution in [0.5, 0.6) is 0 Å². The van der Waals surface area contributed by atoms with E-state index < -0.39 is 23.0 Å². The fourth-order valence-corrected chi connectivity index (χ4v) is 3.75. The Morgan fingerprint density at radius 1 is 1.16 bits per heavy atom. The molecule has 0 unspecified atom stereocenters. The van der Waals surface area contributed by atoms with E-state index in [0.29, 0.717) is 22.4 Å². The van der Waals surface area contributed by atoms with Crippen LogP contribution in [0.3, 0.4) is 0 Å². The van der Waals surface area contributed by atoms with Gasteiger partial charge in [0.05, 0.1) is 11.3 Å². The zero-order valence-corrected chi connectivity index (χ0v) is 17.4. The van der Waals surface area contributed by atoms with E-state index in [1.54, 1.807) is 30.6 Å². The third-order valence-corrected chi connectivity index (χ3v) is 5.68. The largest absolute Gasteiger partial charge is 0.384 e. The summed E-state index contributed by atoms with van der Waals surface area (Å²) in [6.45, 7) is 1.99. The van der Waals surface area contributed by atoms with Crippen LogP contribution in [0.4, 0.5) is 20.3 Å². The molecule has 0 amide bonds. The maximum atomic E-state index is 15.0. The summed E-state index contributed by atoms with van der Waals surface area (Å²) in [5, 5.41) is 0.455. The van der Waals surface area contributed by atoms with Crippen LogP contribution in [0.1, 0.15) is 29.3 Å². The average molecular weight is 439 g/mol. The predicted octanol–water partition coefficient (Wildman–Crippen LogP) is 5.19. The van der Waals surface area contributed by atoms with Gasteiger partial charge in [-0.25, -0.2) is 18.7 Å². The van der Waals surface area contributed by atoms with E-state index in [1.807, 2.05) is 6.92 Å². The number of aromatic amines is 1. The molecule has 0 bridgehead atoms. The van der Waals surface area contributed by atoms with E-state index in [-0.39, 0.29) is 11.3 Å². The number of halogens is 2. The quantitative estimate of drug-likeness (QED) is 0.208. The Balaban J connectivity index is 1.75. The fourth-order valence-electron chi connectivity index (χ4n) is 3.13. The number of nitrogen functional groups attached to an aromatic ring is 1. The number of carbonyl (C=O) groups is 1. The molecule has 0 saturated heterocycles. The normalized spacial score (nSPS) is 11.1. The smallest absolute Gasteiger partial charge is 0.201 e. The molecule has 6 nitrogen and oxygen atoms in total. The van der Waals surface area contributed by atoms with Crippen molar-refractivity contribution in [2.75, 3.05) is 16.2 Å². The van der Waals surface area contributed by atoms with Gasteiger partial charge < -0.3 is 15.4 Å². The molecule has 0 aliphatic rings. The zero-order valence-electron chi connectivity index (χ0n) is 16.6. The second-order valence-corrected chi connectivity index (χ2v) is 7.76.